The molecule has 3 heterocycles. The Balaban J connectivity index is 2.02. The fourth-order valence-corrected chi connectivity index (χ4v) is 2.61. The summed E-state index contributed by atoms with van der Waals surface area (Å²) >= 11 is 0. The first-order valence-electron chi connectivity index (χ1n) is 7.15. The molecule has 1 fully saturated rings. The topological polar surface area (TPSA) is 135 Å². The molecule has 126 valence electrons. The minimum Gasteiger partial charge on any atom is -0.394 e. The van der Waals surface area contributed by atoms with Crippen LogP contribution < -0.4 is 15.4 Å². The van der Waals surface area contributed by atoms with Gasteiger partial charge in [0.1, 0.15) is 18.3 Å². The molecule has 4 atom stereocenters. The zero-order chi connectivity index (χ0) is 16.7. The van der Waals surface area contributed by atoms with E-state index in [9.17, 15) is 20.1 Å². The maximum Gasteiger partial charge on any atom is 0.259 e. The number of H-pyrrole nitrogens is 1. The van der Waals surface area contributed by atoms with Gasteiger partial charge < -0.3 is 25.0 Å². The van der Waals surface area contributed by atoms with E-state index in [2.05, 4.69) is 15.0 Å². The number of nitrogens with one attached hydrogen (secondary N) is 1. The quantitative estimate of drug-likeness (QED) is 0.484. The molecule has 0 saturated carbocycles. The van der Waals surface area contributed by atoms with E-state index in [0.29, 0.717) is 17.3 Å². The van der Waals surface area contributed by atoms with Gasteiger partial charge in [-0.3, -0.25) is 19.7 Å². The number of hydrogen-bond acceptors (Lipinski definition) is 9. The van der Waals surface area contributed by atoms with Crippen molar-refractivity contribution in [2.24, 2.45) is 4.99 Å². The molecule has 0 aromatic carbocycles. The Morgan fingerprint density at radius 3 is 2.78 bits per heavy atom. The molecule has 10 heteroatoms. The standard InChI is InChI=1S/C13H19N5O5/c1-17(2)13-15-10-6(11(22)16-13)3-14-5-18(10)12-9(21)8(20)7(4-19)23-12/h5,7-9,12,19-21H,3-4H2,1-2H3,(H,15,16,22)/t7?,8?,9-,12?/m0/s1. The van der Waals surface area contributed by atoms with Crippen molar-refractivity contribution >= 4 is 18.1 Å². The Labute approximate surface area is 131 Å². The van der Waals surface area contributed by atoms with Crippen LogP contribution in [-0.2, 0) is 11.3 Å². The van der Waals surface area contributed by atoms with Gasteiger partial charge >= 0.3 is 0 Å². The molecule has 0 amide bonds. The molecule has 0 aliphatic carbocycles. The number of nitrogens with zero attached hydrogens (tertiary/aromatic N) is 4. The third-order valence-electron chi connectivity index (χ3n) is 3.90. The van der Waals surface area contributed by atoms with E-state index in [4.69, 9.17) is 4.74 Å². The third kappa shape index (κ3) is 2.59. The van der Waals surface area contributed by atoms with Gasteiger partial charge in [0.25, 0.3) is 5.56 Å². The van der Waals surface area contributed by atoms with E-state index >= 15 is 0 Å². The van der Waals surface area contributed by atoms with Gasteiger partial charge in [-0.1, -0.05) is 0 Å². The van der Waals surface area contributed by atoms with Crippen LogP contribution in [0.3, 0.4) is 0 Å². The van der Waals surface area contributed by atoms with Gasteiger partial charge in [-0.05, 0) is 0 Å². The maximum atomic E-state index is 12.2. The average Bonchev–Trinajstić information content (AvgIpc) is 2.82. The van der Waals surface area contributed by atoms with Crippen LogP contribution in [0.5, 0.6) is 0 Å². The molecule has 3 unspecified atom stereocenters. The van der Waals surface area contributed by atoms with Crippen LogP contribution in [0.2, 0.25) is 0 Å². The molecule has 0 spiro atoms. The first kappa shape index (κ1) is 15.9. The molecule has 10 nitrogen and oxygen atoms in total. The Bertz CT molecular complexity index is 675. The highest BCUT2D eigenvalue weighted by molar-refractivity contribution is 5.81. The maximum absolute atomic E-state index is 12.2. The number of aromatic nitrogens is 2. The van der Waals surface area contributed by atoms with Gasteiger partial charge in [-0.2, -0.15) is 4.98 Å². The summed E-state index contributed by atoms with van der Waals surface area (Å²) < 4.78 is 5.49. The smallest absolute Gasteiger partial charge is 0.259 e. The Morgan fingerprint density at radius 2 is 2.17 bits per heavy atom. The highest BCUT2D eigenvalue weighted by atomic mass is 16.6. The van der Waals surface area contributed by atoms with Gasteiger partial charge in [-0.25, -0.2) is 0 Å². The van der Waals surface area contributed by atoms with Crippen molar-refractivity contribution in [1.29, 1.82) is 0 Å². The number of aromatic amines is 1. The lowest BCUT2D eigenvalue weighted by molar-refractivity contribution is -0.0192. The fourth-order valence-electron chi connectivity index (χ4n) is 2.61. The number of aliphatic hydroxyl groups is 3. The first-order chi connectivity index (χ1) is 10.9. The predicted molar refractivity (Wildman–Crippen MR) is 81.6 cm³/mol. The van der Waals surface area contributed by atoms with Crippen molar-refractivity contribution in [2.45, 2.75) is 31.1 Å². The number of fused-ring (bicyclic) bond motifs is 1. The summed E-state index contributed by atoms with van der Waals surface area (Å²) in [6, 6.07) is 0. The summed E-state index contributed by atoms with van der Waals surface area (Å²) in [7, 11) is 3.47. The summed E-state index contributed by atoms with van der Waals surface area (Å²) in [5, 5.41) is 29.3. The number of aliphatic hydroxyl groups excluding tert-OH is 3. The minimum atomic E-state index is -1.27. The Hall–Kier alpha value is -2.01. The Morgan fingerprint density at radius 1 is 1.43 bits per heavy atom. The summed E-state index contributed by atoms with van der Waals surface area (Å²) in [5.41, 5.74) is 0.0168. The lowest BCUT2D eigenvalue weighted by Gasteiger charge is -2.31. The van der Waals surface area contributed by atoms with Crippen molar-refractivity contribution in [3.05, 3.63) is 15.9 Å². The molecule has 3 rings (SSSR count). The van der Waals surface area contributed by atoms with E-state index in [0.717, 1.165) is 0 Å². The highest BCUT2D eigenvalue weighted by Gasteiger charge is 2.46. The van der Waals surface area contributed by atoms with Gasteiger partial charge in [0.2, 0.25) is 5.95 Å². The van der Waals surface area contributed by atoms with Gasteiger partial charge in [-0.15, -0.1) is 0 Å². The van der Waals surface area contributed by atoms with E-state index in [1.54, 1.807) is 19.0 Å². The molecule has 1 aromatic rings. The summed E-state index contributed by atoms with van der Waals surface area (Å²) in [6.45, 7) is -0.269. The molecule has 4 N–H and O–H groups in total. The zero-order valence-corrected chi connectivity index (χ0v) is 12.7. The van der Waals surface area contributed by atoms with Crippen LogP contribution in [0.25, 0.3) is 0 Å². The molecule has 1 aromatic heterocycles. The van der Waals surface area contributed by atoms with Crippen molar-refractivity contribution < 1.29 is 20.1 Å². The summed E-state index contributed by atoms with van der Waals surface area (Å²) in [6.07, 6.45) is -3.00. The van der Waals surface area contributed by atoms with Crippen LogP contribution >= 0.6 is 0 Å². The predicted octanol–water partition coefficient (Wildman–Crippen LogP) is -2.38. The van der Waals surface area contributed by atoms with Gasteiger partial charge in [0, 0.05) is 14.1 Å². The lowest BCUT2D eigenvalue weighted by Crippen LogP contribution is -2.46. The second kappa shape index (κ2) is 5.89. The van der Waals surface area contributed by atoms with Crippen LogP contribution in [0.15, 0.2) is 9.79 Å². The normalized spacial score (nSPS) is 29.7. The second-order valence-electron chi connectivity index (χ2n) is 5.68. The molecule has 23 heavy (non-hydrogen) atoms. The van der Waals surface area contributed by atoms with Crippen LogP contribution in [0, 0.1) is 0 Å². The summed E-state index contributed by atoms with van der Waals surface area (Å²) in [4.78, 5) is 26.4. The second-order valence-corrected chi connectivity index (χ2v) is 5.68. The van der Waals surface area contributed by atoms with Gasteiger partial charge in [0.15, 0.2) is 12.0 Å². The fraction of sp³-hybridized carbons (Fsp3) is 0.615. The van der Waals surface area contributed by atoms with Crippen molar-refractivity contribution in [3.8, 4) is 0 Å². The largest absolute Gasteiger partial charge is 0.394 e. The molecule has 0 bridgehead atoms. The lowest BCUT2D eigenvalue weighted by atomic mass is 10.1. The van der Waals surface area contributed by atoms with Crippen LogP contribution in [0.4, 0.5) is 11.8 Å². The number of ether oxygens (including phenoxy) is 1. The number of rotatable bonds is 3. The van der Waals surface area contributed by atoms with Crippen molar-refractivity contribution in [2.75, 3.05) is 30.5 Å². The molecule has 2 aliphatic rings. The number of hydrogen-bond donors (Lipinski definition) is 4. The SMILES string of the molecule is CN(C)c1nc2c(c(=O)[nH]1)CN=CN2C1OC(CO)C(O)[C@@H]1O. The van der Waals surface area contributed by atoms with E-state index in [1.165, 1.54) is 11.2 Å². The van der Waals surface area contributed by atoms with Gasteiger partial charge in [0.05, 0.1) is 25.1 Å². The molecule has 2 aliphatic heterocycles. The van der Waals surface area contributed by atoms with E-state index in [1.807, 2.05) is 0 Å². The monoisotopic (exact) mass is 325 g/mol. The minimum absolute atomic E-state index is 0.163. The first-order valence-corrected chi connectivity index (χ1v) is 7.15. The van der Waals surface area contributed by atoms with E-state index in [-0.39, 0.29) is 12.1 Å². The number of aliphatic imine (C=N–C) groups is 1. The molecular formula is C13H19N5O5. The number of anilines is 2. The third-order valence-corrected chi connectivity index (χ3v) is 3.90. The molecule has 0 radical (unpaired) electrons. The average molecular weight is 325 g/mol. The van der Waals surface area contributed by atoms with E-state index < -0.39 is 31.1 Å². The van der Waals surface area contributed by atoms with Crippen molar-refractivity contribution in [1.82, 2.24) is 9.97 Å². The summed E-state index contributed by atoms with van der Waals surface area (Å²) in [5.74, 6) is 0.656. The van der Waals surface area contributed by atoms with Crippen LogP contribution in [-0.4, -0.2) is 76.9 Å². The Kier molecular flexibility index (Phi) is 4.06. The van der Waals surface area contributed by atoms with Crippen molar-refractivity contribution in [3.63, 3.8) is 0 Å². The zero-order valence-electron chi connectivity index (χ0n) is 12.7. The van der Waals surface area contributed by atoms with Crippen LogP contribution in [0.1, 0.15) is 5.56 Å². The molecule has 1 saturated heterocycles. The highest BCUT2D eigenvalue weighted by Crippen LogP contribution is 2.29. The molecular weight excluding hydrogens is 306 g/mol.